The summed E-state index contributed by atoms with van der Waals surface area (Å²) in [5.41, 5.74) is 3.28. The van der Waals surface area contributed by atoms with Gasteiger partial charge in [0.25, 0.3) is 11.7 Å². The van der Waals surface area contributed by atoms with E-state index < -0.39 is 17.7 Å². The Morgan fingerprint density at radius 2 is 1.65 bits per heavy atom. The topological polar surface area (TPSA) is 88.3 Å². The fourth-order valence-electron chi connectivity index (χ4n) is 3.24. The first-order valence-corrected chi connectivity index (χ1v) is 9.85. The van der Waals surface area contributed by atoms with Crippen molar-refractivity contribution >= 4 is 17.7 Å². The summed E-state index contributed by atoms with van der Waals surface area (Å²) in [4.78, 5) is 41.0. The molecule has 3 rings (SSSR count). The second kappa shape index (κ2) is 9.38. The first kappa shape index (κ1) is 22.0. The Bertz CT molecular complexity index is 1120. The lowest BCUT2D eigenvalue weighted by molar-refractivity contribution is -0.117. The van der Waals surface area contributed by atoms with Crippen molar-refractivity contribution in [3.05, 3.63) is 82.4 Å². The number of aryl methyl sites for hydroxylation is 2. The molecule has 0 unspecified atom stereocenters. The number of nitrogens with one attached hydrogen (secondary N) is 2. The fraction of sp³-hybridized carbons (Fsp3) is 0.208. The molecular weight excluding hydrogens is 399 g/mol. The number of aromatic amines is 1. The van der Waals surface area contributed by atoms with Gasteiger partial charge in [-0.05, 0) is 44.0 Å². The van der Waals surface area contributed by atoms with Crippen molar-refractivity contribution < 1.29 is 23.5 Å². The van der Waals surface area contributed by atoms with Gasteiger partial charge in [0.15, 0.2) is 0 Å². The molecule has 1 heterocycles. The molecule has 2 N–H and O–H groups in total. The van der Waals surface area contributed by atoms with Crippen molar-refractivity contribution in [3.8, 4) is 11.1 Å². The van der Waals surface area contributed by atoms with Crippen molar-refractivity contribution in [2.75, 3.05) is 6.61 Å². The van der Waals surface area contributed by atoms with Gasteiger partial charge in [0.1, 0.15) is 11.5 Å². The molecule has 0 saturated carbocycles. The van der Waals surface area contributed by atoms with Crippen LogP contribution in [0.1, 0.15) is 44.6 Å². The van der Waals surface area contributed by atoms with Crippen LogP contribution in [0, 0.1) is 19.7 Å². The normalized spacial score (nSPS) is 10.6. The number of benzene rings is 2. The maximum atomic E-state index is 13.0. The van der Waals surface area contributed by atoms with E-state index in [9.17, 15) is 18.8 Å². The summed E-state index contributed by atoms with van der Waals surface area (Å²) in [5, 5.41) is 2.54. The van der Waals surface area contributed by atoms with Gasteiger partial charge in [-0.2, -0.15) is 0 Å². The second-order valence-electron chi connectivity index (χ2n) is 7.10. The molecule has 0 aliphatic rings. The minimum Gasteiger partial charge on any atom is -0.462 e. The molecule has 1 aromatic heterocycles. The summed E-state index contributed by atoms with van der Waals surface area (Å²) < 4.78 is 18.2. The highest BCUT2D eigenvalue weighted by Gasteiger charge is 2.29. The molecule has 2 aromatic carbocycles. The van der Waals surface area contributed by atoms with Gasteiger partial charge >= 0.3 is 5.97 Å². The van der Waals surface area contributed by atoms with Gasteiger partial charge in [0.05, 0.1) is 12.2 Å². The van der Waals surface area contributed by atoms with E-state index in [1.807, 2.05) is 19.1 Å². The summed E-state index contributed by atoms with van der Waals surface area (Å²) in [5.74, 6) is -2.61. The third-order valence-electron chi connectivity index (χ3n) is 4.81. The number of carbonyl (C=O) groups excluding carboxylic acids is 3. The monoisotopic (exact) mass is 422 g/mol. The number of amides is 1. The summed E-state index contributed by atoms with van der Waals surface area (Å²) in [7, 11) is 0. The third kappa shape index (κ3) is 4.88. The van der Waals surface area contributed by atoms with E-state index in [1.165, 1.54) is 24.3 Å². The highest BCUT2D eigenvalue weighted by molar-refractivity contribution is 6.43. The number of Topliss-reactive ketones (excluding diaryl/α,β-unsaturated/α-hetero) is 1. The molecule has 1 amide bonds. The average Bonchev–Trinajstić information content (AvgIpc) is 3.10. The average molecular weight is 422 g/mol. The third-order valence-corrected chi connectivity index (χ3v) is 4.81. The zero-order valence-electron chi connectivity index (χ0n) is 17.5. The standard InChI is InChI=1S/C24H23FN2O4/c1-4-31-24(30)19-15(3)27-21(20(19)17-9-5-14(2)6-10-17)22(28)23(29)26-13-16-7-11-18(25)12-8-16/h5-12,27H,4,13H2,1-3H3,(H,26,29). The Balaban J connectivity index is 1.95. The lowest BCUT2D eigenvalue weighted by Gasteiger charge is -2.09. The lowest BCUT2D eigenvalue weighted by atomic mass is 9.97. The van der Waals surface area contributed by atoms with Gasteiger partial charge in [0, 0.05) is 17.8 Å². The quantitative estimate of drug-likeness (QED) is 0.341. The molecule has 0 bridgehead atoms. The Hall–Kier alpha value is -3.74. The van der Waals surface area contributed by atoms with Gasteiger partial charge in [-0.3, -0.25) is 9.59 Å². The van der Waals surface area contributed by atoms with Crippen molar-refractivity contribution in [1.29, 1.82) is 0 Å². The van der Waals surface area contributed by atoms with E-state index >= 15 is 0 Å². The van der Waals surface area contributed by atoms with Crippen LogP contribution in [0.15, 0.2) is 48.5 Å². The predicted molar refractivity (Wildman–Crippen MR) is 114 cm³/mol. The van der Waals surface area contributed by atoms with Gasteiger partial charge in [-0.1, -0.05) is 42.0 Å². The van der Waals surface area contributed by atoms with Crippen LogP contribution in [-0.4, -0.2) is 29.3 Å². The summed E-state index contributed by atoms with van der Waals surface area (Å²) in [6.07, 6.45) is 0. The van der Waals surface area contributed by atoms with E-state index in [4.69, 9.17) is 4.74 Å². The number of hydrogen-bond acceptors (Lipinski definition) is 4. The largest absolute Gasteiger partial charge is 0.462 e. The Kier molecular flexibility index (Phi) is 6.65. The van der Waals surface area contributed by atoms with Crippen LogP contribution in [0.2, 0.25) is 0 Å². The van der Waals surface area contributed by atoms with E-state index in [1.54, 1.807) is 26.0 Å². The molecule has 0 aliphatic heterocycles. The van der Waals surface area contributed by atoms with Crippen molar-refractivity contribution in [2.45, 2.75) is 27.3 Å². The highest BCUT2D eigenvalue weighted by Crippen LogP contribution is 2.31. The molecular formula is C24H23FN2O4. The van der Waals surface area contributed by atoms with Gasteiger partial charge < -0.3 is 15.0 Å². The highest BCUT2D eigenvalue weighted by atomic mass is 19.1. The van der Waals surface area contributed by atoms with Crippen molar-refractivity contribution in [1.82, 2.24) is 10.3 Å². The number of esters is 1. The molecule has 0 fully saturated rings. The molecule has 6 nitrogen and oxygen atoms in total. The number of halogens is 1. The van der Waals surface area contributed by atoms with Gasteiger partial charge in [-0.25, -0.2) is 9.18 Å². The van der Waals surface area contributed by atoms with Crippen LogP contribution in [0.25, 0.3) is 11.1 Å². The molecule has 0 radical (unpaired) electrons. The SMILES string of the molecule is CCOC(=O)c1c(C)[nH]c(C(=O)C(=O)NCc2ccc(F)cc2)c1-c1ccc(C)cc1. The van der Waals surface area contributed by atoms with Crippen LogP contribution < -0.4 is 5.32 Å². The minimum absolute atomic E-state index is 0.0148. The van der Waals surface area contributed by atoms with Gasteiger partial charge in [-0.15, -0.1) is 0 Å². The number of ether oxygens (including phenoxy) is 1. The zero-order chi connectivity index (χ0) is 22.5. The van der Waals surface area contributed by atoms with E-state index in [-0.39, 0.29) is 30.2 Å². The Labute approximate surface area is 179 Å². The van der Waals surface area contributed by atoms with E-state index in [0.29, 0.717) is 22.4 Å². The van der Waals surface area contributed by atoms with Crippen molar-refractivity contribution in [3.63, 3.8) is 0 Å². The van der Waals surface area contributed by atoms with Crippen LogP contribution in [-0.2, 0) is 16.1 Å². The summed E-state index contributed by atoms with van der Waals surface area (Å²) in [6, 6.07) is 12.9. The number of ketones is 1. The lowest BCUT2D eigenvalue weighted by Crippen LogP contribution is -2.31. The molecule has 0 atom stereocenters. The maximum Gasteiger partial charge on any atom is 0.340 e. The number of H-pyrrole nitrogens is 1. The zero-order valence-corrected chi connectivity index (χ0v) is 17.5. The minimum atomic E-state index is -0.839. The number of carbonyl (C=O) groups is 3. The number of aromatic nitrogens is 1. The van der Waals surface area contributed by atoms with Crippen LogP contribution in [0.4, 0.5) is 4.39 Å². The maximum absolute atomic E-state index is 13.0. The predicted octanol–water partition coefficient (Wildman–Crippen LogP) is 4.11. The Morgan fingerprint density at radius 3 is 2.26 bits per heavy atom. The van der Waals surface area contributed by atoms with Crippen LogP contribution in [0.3, 0.4) is 0 Å². The number of rotatable bonds is 7. The van der Waals surface area contributed by atoms with Gasteiger partial charge in [0.2, 0.25) is 0 Å². The molecule has 7 heteroatoms. The summed E-state index contributed by atoms with van der Waals surface area (Å²) in [6.45, 7) is 5.51. The number of hydrogen-bond donors (Lipinski definition) is 2. The molecule has 3 aromatic rings. The fourth-order valence-corrected chi connectivity index (χ4v) is 3.24. The van der Waals surface area contributed by atoms with E-state index in [0.717, 1.165) is 5.56 Å². The second-order valence-corrected chi connectivity index (χ2v) is 7.10. The molecule has 0 saturated heterocycles. The van der Waals surface area contributed by atoms with Crippen molar-refractivity contribution in [2.24, 2.45) is 0 Å². The first-order chi connectivity index (χ1) is 14.8. The summed E-state index contributed by atoms with van der Waals surface area (Å²) >= 11 is 0. The first-order valence-electron chi connectivity index (χ1n) is 9.85. The molecule has 31 heavy (non-hydrogen) atoms. The van der Waals surface area contributed by atoms with Crippen LogP contribution >= 0.6 is 0 Å². The smallest absolute Gasteiger partial charge is 0.340 e. The van der Waals surface area contributed by atoms with Crippen LogP contribution in [0.5, 0.6) is 0 Å². The molecule has 0 spiro atoms. The Morgan fingerprint density at radius 1 is 1.00 bits per heavy atom. The molecule has 160 valence electrons. The molecule has 0 aliphatic carbocycles. The van der Waals surface area contributed by atoms with E-state index in [2.05, 4.69) is 10.3 Å².